The molecule has 3 rings (SSSR count). The van der Waals surface area contributed by atoms with Crippen molar-refractivity contribution in [3.63, 3.8) is 0 Å². The molecule has 0 aliphatic carbocycles. The van der Waals surface area contributed by atoms with Gasteiger partial charge in [0.15, 0.2) is 0 Å². The summed E-state index contributed by atoms with van der Waals surface area (Å²) in [7, 11) is 0. The van der Waals surface area contributed by atoms with Gasteiger partial charge in [0.1, 0.15) is 0 Å². The van der Waals surface area contributed by atoms with Crippen molar-refractivity contribution in [1.82, 2.24) is 5.32 Å². The van der Waals surface area contributed by atoms with E-state index in [0.29, 0.717) is 5.56 Å². The van der Waals surface area contributed by atoms with Crippen LogP contribution in [0.3, 0.4) is 0 Å². The maximum Gasteiger partial charge on any atom is 0.252 e. The lowest BCUT2D eigenvalue weighted by molar-refractivity contribution is 0.0900. The second-order valence-electron chi connectivity index (χ2n) is 5.95. The minimum absolute atomic E-state index is 0.0220. The Morgan fingerprint density at radius 1 is 1.00 bits per heavy atom. The summed E-state index contributed by atoms with van der Waals surface area (Å²) in [6, 6.07) is 19.7. The molecule has 1 N–H and O–H groups in total. The van der Waals surface area contributed by atoms with E-state index >= 15 is 0 Å². The average molecular weight is 344 g/mol. The highest BCUT2D eigenvalue weighted by Gasteiger charge is 2.50. The van der Waals surface area contributed by atoms with Gasteiger partial charge in [0.2, 0.25) is 0 Å². The molecule has 0 radical (unpaired) electrons. The van der Waals surface area contributed by atoms with Crippen LogP contribution in [-0.4, -0.2) is 21.5 Å². The first-order valence-corrected chi connectivity index (χ1v) is 9.73. The molecule has 1 fully saturated rings. The number of benzene rings is 2. The van der Waals surface area contributed by atoms with Crippen molar-refractivity contribution < 1.29 is 4.79 Å². The number of thioether (sulfide) groups is 2. The van der Waals surface area contributed by atoms with E-state index in [1.807, 2.05) is 72.1 Å². The van der Waals surface area contributed by atoms with Gasteiger partial charge in [-0.25, -0.2) is 0 Å². The number of rotatable bonds is 4. The van der Waals surface area contributed by atoms with E-state index in [9.17, 15) is 4.79 Å². The maximum atomic E-state index is 12.8. The molecule has 0 unspecified atom stereocenters. The highest BCUT2D eigenvalue weighted by atomic mass is 32.2. The van der Waals surface area contributed by atoms with E-state index < -0.39 is 5.54 Å². The van der Waals surface area contributed by atoms with Crippen LogP contribution in [-0.2, 0) is 5.54 Å². The van der Waals surface area contributed by atoms with Crippen molar-refractivity contribution in [2.45, 2.75) is 23.5 Å². The molecule has 1 amide bonds. The zero-order valence-electron chi connectivity index (χ0n) is 13.4. The Hall–Kier alpha value is -1.39. The van der Waals surface area contributed by atoms with Gasteiger partial charge in [-0.2, -0.15) is 0 Å². The highest BCUT2D eigenvalue weighted by Crippen LogP contribution is 2.54. The van der Waals surface area contributed by atoms with Gasteiger partial charge in [0.05, 0.1) is 9.62 Å². The molecule has 4 heteroatoms. The van der Waals surface area contributed by atoms with Gasteiger partial charge in [0, 0.05) is 17.1 Å². The minimum Gasteiger partial charge on any atom is -0.341 e. The third kappa shape index (κ3) is 3.15. The van der Waals surface area contributed by atoms with Gasteiger partial charge in [-0.1, -0.05) is 48.5 Å². The molecule has 2 aromatic carbocycles. The van der Waals surface area contributed by atoms with Gasteiger partial charge in [-0.3, -0.25) is 4.79 Å². The second kappa shape index (κ2) is 6.62. The summed E-state index contributed by atoms with van der Waals surface area (Å²) < 4.78 is -0.0845. The Labute approximate surface area is 146 Å². The number of amides is 1. The third-order valence-electron chi connectivity index (χ3n) is 4.50. The summed E-state index contributed by atoms with van der Waals surface area (Å²) in [6.07, 6.45) is 0. The molecule has 0 bridgehead atoms. The molecular formula is C19H21NOS2. The molecule has 1 aliphatic heterocycles. The summed E-state index contributed by atoms with van der Waals surface area (Å²) in [5.41, 5.74) is 1.41. The average Bonchev–Trinajstić information content (AvgIpc) is 3.05. The van der Waals surface area contributed by atoms with Gasteiger partial charge < -0.3 is 5.32 Å². The van der Waals surface area contributed by atoms with Gasteiger partial charge in [-0.05, 0) is 31.5 Å². The van der Waals surface area contributed by atoms with Gasteiger partial charge in [-0.15, -0.1) is 23.5 Å². The Morgan fingerprint density at radius 3 is 2.09 bits per heavy atom. The summed E-state index contributed by atoms with van der Waals surface area (Å²) in [5, 5.41) is 3.33. The predicted octanol–water partition coefficient (Wildman–Crippen LogP) is 4.53. The standard InChI is InChI=1S/C19H21NOS2/c1-18(16-11-7-4-8-12-16,19(2)22-13-14-23-19)20-17(21)15-9-5-3-6-10-15/h3-12H,13-14H2,1-2H3,(H,20,21)/t18-/m1/s1. The summed E-state index contributed by atoms with van der Waals surface area (Å²) in [4.78, 5) is 12.8. The molecule has 1 aliphatic rings. The zero-order valence-corrected chi connectivity index (χ0v) is 15.0. The highest BCUT2D eigenvalue weighted by molar-refractivity contribution is 8.21. The van der Waals surface area contributed by atoms with Gasteiger partial charge >= 0.3 is 0 Å². The van der Waals surface area contributed by atoms with E-state index in [1.165, 1.54) is 0 Å². The van der Waals surface area contributed by atoms with Crippen molar-refractivity contribution in [1.29, 1.82) is 0 Å². The van der Waals surface area contributed by atoms with Crippen LogP contribution in [0.25, 0.3) is 0 Å². The number of hydrogen-bond donors (Lipinski definition) is 1. The fraction of sp³-hybridized carbons (Fsp3) is 0.316. The lowest BCUT2D eigenvalue weighted by atomic mass is 9.87. The fourth-order valence-electron chi connectivity index (χ4n) is 2.91. The van der Waals surface area contributed by atoms with Crippen LogP contribution in [0.1, 0.15) is 29.8 Å². The summed E-state index contributed by atoms with van der Waals surface area (Å²) in [6.45, 7) is 4.39. The number of hydrogen-bond acceptors (Lipinski definition) is 3. The Kier molecular flexibility index (Phi) is 4.74. The SMILES string of the molecule is CC1([C@](C)(NC(=O)c2ccccc2)c2ccccc2)SCCS1. The summed E-state index contributed by atoms with van der Waals surface area (Å²) >= 11 is 3.86. The van der Waals surface area contributed by atoms with E-state index in [-0.39, 0.29) is 9.99 Å². The molecular weight excluding hydrogens is 322 g/mol. The minimum atomic E-state index is -0.437. The Balaban J connectivity index is 1.98. The second-order valence-corrected chi connectivity index (χ2v) is 9.24. The molecule has 120 valence electrons. The van der Waals surface area contributed by atoms with Crippen LogP contribution in [0, 0.1) is 0 Å². The Morgan fingerprint density at radius 2 is 1.52 bits per heavy atom. The van der Waals surface area contributed by atoms with Crippen LogP contribution in [0.15, 0.2) is 60.7 Å². The van der Waals surface area contributed by atoms with Crippen LogP contribution >= 0.6 is 23.5 Å². The van der Waals surface area contributed by atoms with E-state index in [2.05, 4.69) is 31.3 Å². The van der Waals surface area contributed by atoms with E-state index in [1.54, 1.807) is 0 Å². The van der Waals surface area contributed by atoms with Crippen LogP contribution in [0.5, 0.6) is 0 Å². The number of carbonyl (C=O) groups is 1. The molecule has 2 nitrogen and oxygen atoms in total. The first kappa shape index (κ1) is 16.5. The lowest BCUT2D eigenvalue weighted by Crippen LogP contribution is -2.54. The Bertz CT molecular complexity index is 668. The topological polar surface area (TPSA) is 29.1 Å². The first-order chi connectivity index (χ1) is 11.1. The van der Waals surface area contributed by atoms with Crippen molar-refractivity contribution in [3.8, 4) is 0 Å². The monoisotopic (exact) mass is 343 g/mol. The lowest BCUT2D eigenvalue weighted by Gasteiger charge is -2.44. The van der Waals surface area contributed by atoms with Crippen LogP contribution < -0.4 is 5.32 Å². The normalized spacial score (nSPS) is 19.0. The quantitative estimate of drug-likeness (QED) is 0.884. The molecule has 23 heavy (non-hydrogen) atoms. The van der Waals surface area contributed by atoms with E-state index in [0.717, 1.165) is 17.1 Å². The summed E-state index contributed by atoms with van der Waals surface area (Å²) in [5.74, 6) is 2.21. The first-order valence-electron chi connectivity index (χ1n) is 7.76. The zero-order chi connectivity index (χ0) is 16.3. The molecule has 1 heterocycles. The number of nitrogens with one attached hydrogen (secondary N) is 1. The molecule has 1 saturated heterocycles. The molecule has 0 spiro atoms. The van der Waals surface area contributed by atoms with Crippen molar-refractivity contribution in [3.05, 3.63) is 71.8 Å². The van der Waals surface area contributed by atoms with Crippen molar-refractivity contribution in [2.24, 2.45) is 0 Å². The predicted molar refractivity (Wildman–Crippen MR) is 101 cm³/mol. The molecule has 0 saturated carbocycles. The molecule has 0 aromatic heterocycles. The van der Waals surface area contributed by atoms with Crippen molar-refractivity contribution >= 4 is 29.4 Å². The largest absolute Gasteiger partial charge is 0.341 e. The van der Waals surface area contributed by atoms with Crippen LogP contribution in [0.2, 0.25) is 0 Å². The van der Waals surface area contributed by atoms with Crippen LogP contribution in [0.4, 0.5) is 0 Å². The fourth-order valence-corrected chi connectivity index (χ4v) is 6.11. The van der Waals surface area contributed by atoms with Gasteiger partial charge in [0.25, 0.3) is 5.91 Å². The molecule has 1 atom stereocenters. The maximum absolute atomic E-state index is 12.8. The van der Waals surface area contributed by atoms with E-state index in [4.69, 9.17) is 0 Å². The molecule has 2 aromatic rings. The van der Waals surface area contributed by atoms with Crippen molar-refractivity contribution in [2.75, 3.05) is 11.5 Å². The smallest absolute Gasteiger partial charge is 0.252 e. The number of carbonyl (C=O) groups excluding carboxylic acids is 1. The third-order valence-corrected chi connectivity index (χ3v) is 8.20.